The van der Waals surface area contributed by atoms with E-state index in [0.29, 0.717) is 5.92 Å². The van der Waals surface area contributed by atoms with E-state index in [1.165, 1.54) is 0 Å². The van der Waals surface area contributed by atoms with Crippen LogP contribution in [0.5, 0.6) is 0 Å². The third kappa shape index (κ3) is 4.06. The van der Waals surface area contributed by atoms with Crippen LogP contribution in [0.15, 0.2) is 10.1 Å². The van der Waals surface area contributed by atoms with Gasteiger partial charge in [-0.15, -0.1) is 0 Å². The van der Waals surface area contributed by atoms with E-state index < -0.39 is 0 Å². The van der Waals surface area contributed by atoms with Crippen molar-refractivity contribution in [1.82, 2.24) is 0 Å². The number of nitrogens with zero attached hydrogens (tertiary/aromatic N) is 2. The lowest BCUT2D eigenvalue weighted by Crippen LogP contribution is -2.03. The zero-order valence-corrected chi connectivity index (χ0v) is 6.83. The molecule has 0 fully saturated rings. The molecule has 0 saturated carbocycles. The fourth-order valence-electron chi connectivity index (χ4n) is 0.653. The van der Waals surface area contributed by atoms with Crippen molar-refractivity contribution in [1.29, 1.82) is 0 Å². The number of rotatable bonds is 2. The van der Waals surface area contributed by atoms with Crippen molar-refractivity contribution in [3.05, 3.63) is 0 Å². The Morgan fingerprint density at radius 2 is 2.20 bits per heavy atom. The smallest absolute Gasteiger partial charge is 0.147 e. The van der Waals surface area contributed by atoms with Crippen LogP contribution in [0.25, 0.3) is 0 Å². The monoisotopic (exact) mass is 141 g/mol. The Hall–Kier alpha value is -0.860. The number of nitrogens with two attached hydrogens (primary N) is 1. The largest absolute Gasteiger partial charge is 0.322 e. The van der Waals surface area contributed by atoms with Crippen molar-refractivity contribution >= 4 is 12.1 Å². The Kier molecular flexibility index (Phi) is 4.54. The summed E-state index contributed by atoms with van der Waals surface area (Å²) < 4.78 is 0. The summed E-state index contributed by atoms with van der Waals surface area (Å²) in [5, 5.41) is 3.54. The molecule has 10 heavy (non-hydrogen) atoms. The molecule has 0 radical (unpaired) electrons. The molecule has 0 aliphatic carbocycles. The molecular formula is C7H15N3. The molecule has 0 unspecified atom stereocenters. The van der Waals surface area contributed by atoms with Crippen LogP contribution in [0.3, 0.4) is 0 Å². The van der Waals surface area contributed by atoms with E-state index in [1.807, 2.05) is 6.92 Å². The molecule has 3 nitrogen and oxygen atoms in total. The third-order valence-corrected chi connectivity index (χ3v) is 1.02. The predicted molar refractivity (Wildman–Crippen MR) is 45.2 cm³/mol. The van der Waals surface area contributed by atoms with Crippen LogP contribution >= 0.6 is 0 Å². The Morgan fingerprint density at radius 3 is 2.50 bits per heavy atom. The van der Waals surface area contributed by atoms with Crippen molar-refractivity contribution < 1.29 is 0 Å². The van der Waals surface area contributed by atoms with E-state index in [0.717, 1.165) is 12.3 Å². The average Bonchev–Trinajstić information content (AvgIpc) is 1.86. The molecule has 0 bridgehead atoms. The molecule has 0 amide bonds. The highest BCUT2D eigenvalue weighted by Gasteiger charge is 1.98. The van der Waals surface area contributed by atoms with Crippen molar-refractivity contribution in [3.63, 3.8) is 0 Å². The highest BCUT2D eigenvalue weighted by Crippen LogP contribution is 2.01. The van der Waals surface area contributed by atoms with Gasteiger partial charge in [0.05, 0.1) is 0 Å². The standard InChI is InChI=1S/C7H15N3/c1-4-9-7(10-8)5-6(2)3/h4,6H,5,8H2,1-3H3/b9-4?,10-7-. The van der Waals surface area contributed by atoms with Crippen molar-refractivity contribution in [3.8, 4) is 0 Å². The Labute approximate surface area is 62.0 Å². The summed E-state index contributed by atoms with van der Waals surface area (Å²) >= 11 is 0. The number of hydrogen-bond donors (Lipinski definition) is 1. The van der Waals surface area contributed by atoms with Gasteiger partial charge in [-0.1, -0.05) is 13.8 Å². The van der Waals surface area contributed by atoms with Gasteiger partial charge in [0.25, 0.3) is 0 Å². The molecular weight excluding hydrogens is 126 g/mol. The molecule has 0 saturated heterocycles. The Balaban J connectivity index is 3.86. The lowest BCUT2D eigenvalue weighted by molar-refractivity contribution is 0.679. The number of amidine groups is 1. The summed E-state index contributed by atoms with van der Waals surface area (Å²) in [5.74, 6) is 6.36. The van der Waals surface area contributed by atoms with Crippen LogP contribution in [0, 0.1) is 5.92 Å². The van der Waals surface area contributed by atoms with Gasteiger partial charge in [-0.25, -0.2) is 4.99 Å². The van der Waals surface area contributed by atoms with E-state index in [1.54, 1.807) is 6.21 Å². The van der Waals surface area contributed by atoms with Crippen LogP contribution in [-0.2, 0) is 0 Å². The maximum atomic E-state index is 5.08. The normalized spacial score (nSPS) is 13.4. The minimum Gasteiger partial charge on any atom is -0.322 e. The van der Waals surface area contributed by atoms with Crippen molar-refractivity contribution in [2.24, 2.45) is 21.9 Å². The highest BCUT2D eigenvalue weighted by atomic mass is 15.2. The van der Waals surface area contributed by atoms with Crippen molar-refractivity contribution in [2.75, 3.05) is 0 Å². The van der Waals surface area contributed by atoms with Gasteiger partial charge in [0, 0.05) is 12.6 Å². The molecule has 3 heteroatoms. The zero-order valence-electron chi connectivity index (χ0n) is 6.83. The molecule has 0 aliphatic rings. The van der Waals surface area contributed by atoms with Crippen LogP contribution < -0.4 is 5.84 Å². The van der Waals surface area contributed by atoms with Gasteiger partial charge >= 0.3 is 0 Å². The van der Waals surface area contributed by atoms with Gasteiger partial charge in [-0.3, -0.25) is 0 Å². The Morgan fingerprint density at radius 1 is 1.60 bits per heavy atom. The fourth-order valence-corrected chi connectivity index (χ4v) is 0.653. The van der Waals surface area contributed by atoms with Gasteiger partial charge in [-0.2, -0.15) is 5.10 Å². The average molecular weight is 141 g/mol. The van der Waals surface area contributed by atoms with Gasteiger partial charge in [0.15, 0.2) is 0 Å². The quantitative estimate of drug-likeness (QED) is 0.269. The second kappa shape index (κ2) is 4.97. The van der Waals surface area contributed by atoms with Crippen LogP contribution in [0.4, 0.5) is 0 Å². The molecule has 0 aromatic heterocycles. The summed E-state index contributed by atoms with van der Waals surface area (Å²) in [6.07, 6.45) is 2.55. The second-order valence-corrected chi connectivity index (χ2v) is 2.53. The molecule has 0 atom stereocenters. The first-order valence-corrected chi connectivity index (χ1v) is 3.46. The molecule has 0 spiro atoms. The minimum atomic E-state index is 0.561. The molecule has 0 rings (SSSR count). The maximum Gasteiger partial charge on any atom is 0.147 e. The van der Waals surface area contributed by atoms with Crippen LogP contribution in [-0.4, -0.2) is 12.1 Å². The zero-order chi connectivity index (χ0) is 7.98. The molecule has 58 valence electrons. The lowest BCUT2D eigenvalue weighted by Gasteiger charge is -2.00. The Bertz CT molecular complexity index is 136. The molecule has 0 aromatic carbocycles. The van der Waals surface area contributed by atoms with Gasteiger partial charge < -0.3 is 5.84 Å². The SMILES string of the molecule is CC=N/C(CC(C)C)=N\N. The summed E-state index contributed by atoms with van der Waals surface area (Å²) in [6, 6.07) is 0. The van der Waals surface area contributed by atoms with Gasteiger partial charge in [0.2, 0.25) is 0 Å². The maximum absolute atomic E-state index is 5.08. The number of aliphatic imine (C=N–C) groups is 1. The third-order valence-electron chi connectivity index (χ3n) is 1.02. The van der Waals surface area contributed by atoms with E-state index in [9.17, 15) is 0 Å². The highest BCUT2D eigenvalue weighted by molar-refractivity contribution is 5.88. The first-order valence-electron chi connectivity index (χ1n) is 3.46. The number of hydrogen-bond acceptors (Lipinski definition) is 2. The van der Waals surface area contributed by atoms with E-state index >= 15 is 0 Å². The van der Waals surface area contributed by atoms with Crippen molar-refractivity contribution in [2.45, 2.75) is 27.2 Å². The van der Waals surface area contributed by atoms with Crippen LogP contribution in [0.2, 0.25) is 0 Å². The van der Waals surface area contributed by atoms with Gasteiger partial charge in [0.1, 0.15) is 5.84 Å². The van der Waals surface area contributed by atoms with Crippen LogP contribution in [0.1, 0.15) is 27.2 Å². The predicted octanol–water partition coefficient (Wildman–Crippen LogP) is 1.40. The number of hydrazone groups is 1. The summed E-state index contributed by atoms with van der Waals surface area (Å²) in [6.45, 7) is 6.07. The topological polar surface area (TPSA) is 50.7 Å². The van der Waals surface area contributed by atoms with Gasteiger partial charge in [-0.05, 0) is 12.8 Å². The minimum absolute atomic E-state index is 0.561. The van der Waals surface area contributed by atoms with E-state index in [2.05, 4.69) is 23.9 Å². The van der Waals surface area contributed by atoms with E-state index in [-0.39, 0.29) is 0 Å². The summed E-state index contributed by atoms with van der Waals surface area (Å²) in [5.41, 5.74) is 0. The second-order valence-electron chi connectivity index (χ2n) is 2.53. The van der Waals surface area contributed by atoms with E-state index in [4.69, 9.17) is 5.84 Å². The molecule has 0 heterocycles. The summed E-state index contributed by atoms with van der Waals surface area (Å²) in [4.78, 5) is 3.98. The first kappa shape index (κ1) is 9.14. The first-order chi connectivity index (χ1) is 4.70. The molecule has 0 aromatic rings. The molecule has 0 aliphatic heterocycles. The summed E-state index contributed by atoms with van der Waals surface area (Å²) in [7, 11) is 0. The fraction of sp³-hybridized carbons (Fsp3) is 0.714. The molecule has 2 N–H and O–H groups in total. The lowest BCUT2D eigenvalue weighted by atomic mass is 10.1.